The molecule has 2 heterocycles. The van der Waals surface area contributed by atoms with Crippen LogP contribution in [0.1, 0.15) is 32.0 Å². The summed E-state index contributed by atoms with van der Waals surface area (Å²) in [6.45, 7) is 5.60. The molecular formula is C12H22N6O. The summed E-state index contributed by atoms with van der Waals surface area (Å²) in [4.78, 5) is 13.9. The van der Waals surface area contributed by atoms with E-state index in [4.69, 9.17) is 0 Å². The van der Waals surface area contributed by atoms with Gasteiger partial charge in [0.15, 0.2) is 5.82 Å². The van der Waals surface area contributed by atoms with E-state index < -0.39 is 0 Å². The summed E-state index contributed by atoms with van der Waals surface area (Å²) in [5.41, 5.74) is 0. The van der Waals surface area contributed by atoms with Gasteiger partial charge >= 0.3 is 0 Å². The zero-order valence-corrected chi connectivity index (χ0v) is 11.7. The van der Waals surface area contributed by atoms with E-state index in [1.54, 1.807) is 7.05 Å². The van der Waals surface area contributed by atoms with E-state index in [0.29, 0.717) is 0 Å². The summed E-state index contributed by atoms with van der Waals surface area (Å²) in [5, 5.41) is 14.5. The fraction of sp³-hybridized carbons (Fsp3) is 0.833. The molecule has 7 heteroatoms. The second kappa shape index (κ2) is 6.60. The molecular weight excluding hydrogens is 244 g/mol. The van der Waals surface area contributed by atoms with Gasteiger partial charge in [-0.2, -0.15) is 0 Å². The zero-order valence-electron chi connectivity index (χ0n) is 11.7. The number of hydrogen-bond donors (Lipinski definition) is 1. The molecule has 1 fully saturated rings. The van der Waals surface area contributed by atoms with Gasteiger partial charge in [-0.1, -0.05) is 6.92 Å². The molecule has 19 heavy (non-hydrogen) atoms. The first-order valence-electron chi connectivity index (χ1n) is 6.93. The molecule has 0 bridgehead atoms. The first kappa shape index (κ1) is 13.9. The van der Waals surface area contributed by atoms with Gasteiger partial charge in [-0.3, -0.25) is 9.69 Å². The fourth-order valence-corrected chi connectivity index (χ4v) is 2.48. The minimum atomic E-state index is 0.160. The Bertz CT molecular complexity index is 410. The van der Waals surface area contributed by atoms with Crippen molar-refractivity contribution in [2.75, 3.05) is 20.1 Å². The predicted octanol–water partition coefficient (Wildman–Crippen LogP) is 0.0411. The lowest BCUT2D eigenvalue weighted by molar-refractivity contribution is -0.125. The topological polar surface area (TPSA) is 75.9 Å². The molecule has 0 radical (unpaired) electrons. The monoisotopic (exact) mass is 266 g/mol. The average Bonchev–Trinajstić information content (AvgIpc) is 2.86. The van der Waals surface area contributed by atoms with E-state index in [1.165, 1.54) is 0 Å². The Morgan fingerprint density at radius 3 is 2.79 bits per heavy atom. The minimum Gasteiger partial charge on any atom is -0.359 e. The van der Waals surface area contributed by atoms with E-state index in [1.807, 2.05) is 4.68 Å². The van der Waals surface area contributed by atoms with E-state index >= 15 is 0 Å². The molecule has 7 nitrogen and oxygen atoms in total. The summed E-state index contributed by atoms with van der Waals surface area (Å²) in [6, 6.07) is 0. The van der Waals surface area contributed by atoms with Crippen molar-refractivity contribution in [1.29, 1.82) is 0 Å². The molecule has 1 aromatic rings. The SMILES string of the molecule is CCCn1nnnc1CN1CCC(C(=O)NC)CC1. The van der Waals surface area contributed by atoms with Gasteiger partial charge in [0.2, 0.25) is 5.91 Å². The number of rotatable bonds is 5. The van der Waals surface area contributed by atoms with Gasteiger partial charge in [-0.05, 0) is 42.8 Å². The maximum Gasteiger partial charge on any atom is 0.222 e. The third kappa shape index (κ3) is 3.50. The van der Waals surface area contributed by atoms with Crippen LogP contribution < -0.4 is 5.32 Å². The summed E-state index contributed by atoms with van der Waals surface area (Å²) < 4.78 is 1.87. The van der Waals surface area contributed by atoms with Crippen molar-refractivity contribution in [2.24, 2.45) is 5.92 Å². The number of aryl methyl sites for hydroxylation is 1. The normalized spacial score (nSPS) is 17.6. The van der Waals surface area contributed by atoms with Crippen LogP contribution in [-0.4, -0.2) is 51.2 Å². The van der Waals surface area contributed by atoms with Crippen LogP contribution >= 0.6 is 0 Å². The smallest absolute Gasteiger partial charge is 0.222 e. The number of piperidine rings is 1. The first-order valence-corrected chi connectivity index (χ1v) is 6.93. The third-order valence-electron chi connectivity index (χ3n) is 3.61. The van der Waals surface area contributed by atoms with Gasteiger partial charge in [0, 0.05) is 19.5 Å². The lowest BCUT2D eigenvalue weighted by Crippen LogP contribution is -2.39. The van der Waals surface area contributed by atoms with E-state index in [9.17, 15) is 4.79 Å². The number of likely N-dealkylation sites (tertiary alicyclic amines) is 1. The Balaban J connectivity index is 1.85. The number of hydrogen-bond acceptors (Lipinski definition) is 5. The molecule has 1 amide bonds. The molecule has 1 aromatic heterocycles. The highest BCUT2D eigenvalue weighted by Crippen LogP contribution is 2.18. The number of aromatic nitrogens is 4. The molecule has 0 aliphatic carbocycles. The standard InChI is InChI=1S/C12H22N6O/c1-3-6-18-11(14-15-16-18)9-17-7-4-10(5-8-17)12(19)13-2/h10H,3-9H2,1-2H3,(H,13,19). The molecule has 1 aliphatic heterocycles. The van der Waals surface area contributed by atoms with Crippen molar-refractivity contribution < 1.29 is 4.79 Å². The first-order chi connectivity index (χ1) is 9.24. The zero-order chi connectivity index (χ0) is 13.7. The summed E-state index contributed by atoms with van der Waals surface area (Å²) in [6.07, 6.45) is 2.85. The minimum absolute atomic E-state index is 0.160. The lowest BCUT2D eigenvalue weighted by Gasteiger charge is -2.30. The Kier molecular flexibility index (Phi) is 4.84. The molecule has 0 aromatic carbocycles. The van der Waals surface area contributed by atoms with Crippen LogP contribution in [0.15, 0.2) is 0 Å². The summed E-state index contributed by atoms with van der Waals surface area (Å²) in [7, 11) is 1.70. The van der Waals surface area contributed by atoms with Crippen LogP contribution in [0.3, 0.4) is 0 Å². The van der Waals surface area contributed by atoms with Gasteiger partial charge in [-0.15, -0.1) is 5.10 Å². The van der Waals surface area contributed by atoms with Crippen molar-refractivity contribution in [3.05, 3.63) is 5.82 Å². The quantitative estimate of drug-likeness (QED) is 0.814. The fourth-order valence-electron chi connectivity index (χ4n) is 2.48. The number of nitrogens with zero attached hydrogens (tertiary/aromatic N) is 5. The second-order valence-electron chi connectivity index (χ2n) is 4.98. The molecule has 2 rings (SSSR count). The largest absolute Gasteiger partial charge is 0.359 e. The average molecular weight is 266 g/mol. The number of carbonyl (C=O) groups is 1. The molecule has 1 N–H and O–H groups in total. The third-order valence-corrected chi connectivity index (χ3v) is 3.61. The second-order valence-corrected chi connectivity index (χ2v) is 4.98. The number of nitrogens with one attached hydrogen (secondary N) is 1. The molecule has 0 unspecified atom stereocenters. The highest BCUT2D eigenvalue weighted by molar-refractivity contribution is 5.78. The molecule has 1 saturated heterocycles. The van der Waals surface area contributed by atoms with Gasteiger partial charge < -0.3 is 5.32 Å². The molecule has 0 atom stereocenters. The van der Waals surface area contributed by atoms with Crippen LogP contribution in [0.2, 0.25) is 0 Å². The molecule has 106 valence electrons. The van der Waals surface area contributed by atoms with Gasteiger partial charge in [0.25, 0.3) is 0 Å². The van der Waals surface area contributed by atoms with Crippen LogP contribution in [0.5, 0.6) is 0 Å². The Morgan fingerprint density at radius 1 is 1.42 bits per heavy atom. The number of amides is 1. The van der Waals surface area contributed by atoms with Crippen molar-refractivity contribution in [1.82, 2.24) is 30.4 Å². The van der Waals surface area contributed by atoms with Crippen LogP contribution in [0.25, 0.3) is 0 Å². The molecule has 1 aliphatic rings. The Labute approximate surface area is 113 Å². The maximum absolute atomic E-state index is 11.6. The summed E-state index contributed by atoms with van der Waals surface area (Å²) >= 11 is 0. The Hall–Kier alpha value is -1.50. The van der Waals surface area contributed by atoms with Crippen molar-refractivity contribution in [3.63, 3.8) is 0 Å². The van der Waals surface area contributed by atoms with Crippen LogP contribution in [0, 0.1) is 5.92 Å². The molecule has 0 saturated carbocycles. The number of tetrazole rings is 1. The van der Waals surface area contributed by atoms with Crippen LogP contribution in [0.4, 0.5) is 0 Å². The van der Waals surface area contributed by atoms with E-state index in [-0.39, 0.29) is 11.8 Å². The Morgan fingerprint density at radius 2 is 2.16 bits per heavy atom. The highest BCUT2D eigenvalue weighted by atomic mass is 16.1. The lowest BCUT2D eigenvalue weighted by atomic mass is 9.96. The van der Waals surface area contributed by atoms with Crippen molar-refractivity contribution in [3.8, 4) is 0 Å². The number of carbonyl (C=O) groups excluding carboxylic acids is 1. The molecule has 0 spiro atoms. The van der Waals surface area contributed by atoms with E-state index in [0.717, 1.165) is 51.3 Å². The van der Waals surface area contributed by atoms with Gasteiger partial charge in [-0.25, -0.2) is 4.68 Å². The van der Waals surface area contributed by atoms with Gasteiger partial charge in [0.05, 0.1) is 6.54 Å². The van der Waals surface area contributed by atoms with Gasteiger partial charge in [0.1, 0.15) is 0 Å². The predicted molar refractivity (Wildman–Crippen MR) is 70.2 cm³/mol. The van der Waals surface area contributed by atoms with Crippen molar-refractivity contribution in [2.45, 2.75) is 39.3 Å². The highest BCUT2D eigenvalue weighted by Gasteiger charge is 2.25. The van der Waals surface area contributed by atoms with Crippen LogP contribution in [-0.2, 0) is 17.9 Å². The maximum atomic E-state index is 11.6. The van der Waals surface area contributed by atoms with E-state index in [2.05, 4.69) is 32.7 Å². The summed E-state index contributed by atoms with van der Waals surface area (Å²) in [5.74, 6) is 1.24. The van der Waals surface area contributed by atoms with Crippen molar-refractivity contribution >= 4 is 5.91 Å².